The molecular formula is C10H20F3NO2. The largest absolute Gasteiger partial charge is 0.411 e. The summed E-state index contributed by atoms with van der Waals surface area (Å²) in [6.07, 6.45) is -2.73. The van der Waals surface area contributed by atoms with Crippen molar-refractivity contribution in [3.8, 4) is 0 Å². The van der Waals surface area contributed by atoms with Gasteiger partial charge in [-0.3, -0.25) is 0 Å². The van der Waals surface area contributed by atoms with Gasteiger partial charge in [0.2, 0.25) is 0 Å². The molecule has 6 heteroatoms. The molecule has 3 nitrogen and oxygen atoms in total. The third kappa shape index (κ3) is 10.2. The molecule has 0 bridgehead atoms. The molecule has 0 saturated carbocycles. The van der Waals surface area contributed by atoms with E-state index in [2.05, 4.69) is 10.1 Å². The molecule has 0 heterocycles. The summed E-state index contributed by atoms with van der Waals surface area (Å²) >= 11 is 0. The monoisotopic (exact) mass is 243 g/mol. The van der Waals surface area contributed by atoms with Gasteiger partial charge in [0.1, 0.15) is 6.61 Å². The van der Waals surface area contributed by atoms with Crippen LogP contribution in [0, 0.1) is 0 Å². The number of hydrogen-bond donors (Lipinski definition) is 1. The molecule has 1 atom stereocenters. The van der Waals surface area contributed by atoms with Gasteiger partial charge in [0.15, 0.2) is 0 Å². The first-order valence-corrected chi connectivity index (χ1v) is 5.36. The van der Waals surface area contributed by atoms with Gasteiger partial charge in [0, 0.05) is 19.8 Å². The molecule has 0 aliphatic heterocycles. The lowest BCUT2D eigenvalue weighted by atomic mass is 10.2. The van der Waals surface area contributed by atoms with Crippen molar-refractivity contribution in [1.29, 1.82) is 0 Å². The Labute approximate surface area is 94.3 Å². The molecule has 0 fully saturated rings. The average molecular weight is 243 g/mol. The minimum atomic E-state index is -4.23. The van der Waals surface area contributed by atoms with Crippen LogP contribution in [0.1, 0.15) is 19.8 Å². The van der Waals surface area contributed by atoms with E-state index in [0.717, 1.165) is 6.42 Å². The summed E-state index contributed by atoms with van der Waals surface area (Å²) in [5.41, 5.74) is 0. The van der Waals surface area contributed by atoms with Crippen molar-refractivity contribution >= 4 is 0 Å². The van der Waals surface area contributed by atoms with Crippen molar-refractivity contribution in [2.24, 2.45) is 0 Å². The first kappa shape index (κ1) is 15.7. The lowest BCUT2D eigenvalue weighted by Gasteiger charge is -2.15. The predicted molar refractivity (Wildman–Crippen MR) is 55.4 cm³/mol. The van der Waals surface area contributed by atoms with Gasteiger partial charge in [0.25, 0.3) is 0 Å². The second kappa shape index (κ2) is 8.78. The standard InChI is InChI=1S/C10H20F3NO2/c1-3-9(7-15-2)14-5-4-6-16-8-10(11,12)13/h9,14H,3-8H2,1-2H3. The molecule has 0 aromatic heterocycles. The fourth-order valence-corrected chi connectivity index (χ4v) is 1.19. The van der Waals surface area contributed by atoms with E-state index in [1.54, 1.807) is 7.11 Å². The van der Waals surface area contributed by atoms with Gasteiger partial charge in [-0.25, -0.2) is 0 Å². The zero-order valence-corrected chi connectivity index (χ0v) is 9.77. The summed E-state index contributed by atoms with van der Waals surface area (Å²) < 4.78 is 44.5. The molecule has 16 heavy (non-hydrogen) atoms. The van der Waals surface area contributed by atoms with E-state index in [1.807, 2.05) is 6.92 Å². The first-order chi connectivity index (χ1) is 7.49. The van der Waals surface area contributed by atoms with E-state index < -0.39 is 12.8 Å². The molecule has 1 N–H and O–H groups in total. The molecule has 0 saturated heterocycles. The molecule has 0 aliphatic rings. The van der Waals surface area contributed by atoms with E-state index in [9.17, 15) is 13.2 Å². The number of ether oxygens (including phenoxy) is 2. The Kier molecular flexibility index (Phi) is 8.60. The molecule has 0 spiro atoms. The highest BCUT2D eigenvalue weighted by atomic mass is 19.4. The molecular weight excluding hydrogens is 223 g/mol. The number of hydrogen-bond acceptors (Lipinski definition) is 3. The van der Waals surface area contributed by atoms with Crippen LogP contribution in [-0.4, -0.2) is 45.7 Å². The van der Waals surface area contributed by atoms with Crippen LogP contribution in [0.25, 0.3) is 0 Å². The smallest absolute Gasteiger partial charge is 0.383 e. The second-order valence-electron chi connectivity index (χ2n) is 3.54. The Morgan fingerprint density at radius 3 is 2.50 bits per heavy atom. The van der Waals surface area contributed by atoms with Gasteiger partial charge >= 0.3 is 6.18 Å². The van der Waals surface area contributed by atoms with Crippen LogP contribution in [0.2, 0.25) is 0 Å². The zero-order valence-electron chi connectivity index (χ0n) is 9.77. The summed E-state index contributed by atoms with van der Waals surface area (Å²) in [5, 5.41) is 3.18. The van der Waals surface area contributed by atoms with E-state index in [1.165, 1.54) is 0 Å². The van der Waals surface area contributed by atoms with Gasteiger partial charge in [-0.15, -0.1) is 0 Å². The quantitative estimate of drug-likeness (QED) is 0.628. The average Bonchev–Trinajstić information content (AvgIpc) is 2.20. The van der Waals surface area contributed by atoms with Crippen LogP contribution >= 0.6 is 0 Å². The topological polar surface area (TPSA) is 30.5 Å². The van der Waals surface area contributed by atoms with E-state index >= 15 is 0 Å². The van der Waals surface area contributed by atoms with Crippen LogP contribution in [0.5, 0.6) is 0 Å². The highest BCUT2D eigenvalue weighted by Gasteiger charge is 2.27. The Morgan fingerprint density at radius 1 is 1.31 bits per heavy atom. The van der Waals surface area contributed by atoms with Gasteiger partial charge in [-0.1, -0.05) is 6.92 Å². The maximum absolute atomic E-state index is 11.7. The van der Waals surface area contributed by atoms with Crippen LogP contribution in [0.3, 0.4) is 0 Å². The summed E-state index contributed by atoms with van der Waals surface area (Å²) in [6, 6.07) is 0.257. The summed E-state index contributed by atoms with van der Waals surface area (Å²) in [5.74, 6) is 0. The number of alkyl halides is 3. The lowest BCUT2D eigenvalue weighted by Crippen LogP contribution is -2.33. The number of halogens is 3. The van der Waals surface area contributed by atoms with Gasteiger partial charge in [0.05, 0.1) is 6.61 Å². The fraction of sp³-hybridized carbons (Fsp3) is 1.00. The molecule has 98 valence electrons. The normalized spacial score (nSPS) is 14.1. The van der Waals surface area contributed by atoms with Crippen LogP contribution < -0.4 is 5.32 Å². The maximum atomic E-state index is 11.7. The Bertz CT molecular complexity index is 165. The Hall–Kier alpha value is -0.330. The zero-order chi connectivity index (χ0) is 12.4. The predicted octanol–water partition coefficient (Wildman–Crippen LogP) is 1.97. The van der Waals surface area contributed by atoms with Gasteiger partial charge in [-0.2, -0.15) is 13.2 Å². The summed E-state index contributed by atoms with van der Waals surface area (Å²) in [4.78, 5) is 0. The van der Waals surface area contributed by atoms with Crippen LogP contribution in [-0.2, 0) is 9.47 Å². The van der Waals surface area contributed by atoms with E-state index in [-0.39, 0.29) is 12.6 Å². The third-order valence-corrected chi connectivity index (χ3v) is 2.02. The first-order valence-electron chi connectivity index (χ1n) is 5.36. The Balaban J connectivity index is 3.32. The molecule has 0 amide bonds. The molecule has 0 aromatic rings. The highest BCUT2D eigenvalue weighted by Crippen LogP contribution is 2.14. The van der Waals surface area contributed by atoms with Crippen LogP contribution in [0.4, 0.5) is 13.2 Å². The van der Waals surface area contributed by atoms with Crippen molar-refractivity contribution in [3.05, 3.63) is 0 Å². The lowest BCUT2D eigenvalue weighted by molar-refractivity contribution is -0.173. The number of nitrogens with one attached hydrogen (secondary N) is 1. The van der Waals surface area contributed by atoms with E-state index in [4.69, 9.17) is 4.74 Å². The molecule has 0 rings (SSSR count). The van der Waals surface area contributed by atoms with Crippen molar-refractivity contribution in [2.45, 2.75) is 32.0 Å². The highest BCUT2D eigenvalue weighted by molar-refractivity contribution is 4.63. The summed E-state index contributed by atoms with van der Waals surface area (Å²) in [6.45, 7) is 2.23. The van der Waals surface area contributed by atoms with Crippen molar-refractivity contribution in [1.82, 2.24) is 5.32 Å². The number of rotatable bonds is 9. The third-order valence-electron chi connectivity index (χ3n) is 2.02. The summed E-state index contributed by atoms with van der Waals surface area (Å²) in [7, 11) is 1.62. The molecule has 0 aliphatic carbocycles. The van der Waals surface area contributed by atoms with Gasteiger partial charge in [-0.05, 0) is 19.4 Å². The van der Waals surface area contributed by atoms with Crippen molar-refractivity contribution in [2.75, 3.05) is 33.5 Å². The molecule has 1 unspecified atom stereocenters. The molecule has 0 radical (unpaired) electrons. The van der Waals surface area contributed by atoms with Crippen molar-refractivity contribution < 1.29 is 22.6 Å². The minimum Gasteiger partial charge on any atom is -0.383 e. The number of methoxy groups -OCH3 is 1. The van der Waals surface area contributed by atoms with Gasteiger partial charge < -0.3 is 14.8 Å². The SMILES string of the molecule is CCC(COC)NCCCOCC(F)(F)F. The van der Waals surface area contributed by atoms with Crippen molar-refractivity contribution in [3.63, 3.8) is 0 Å². The fourth-order valence-electron chi connectivity index (χ4n) is 1.19. The maximum Gasteiger partial charge on any atom is 0.411 e. The Morgan fingerprint density at radius 2 is 2.00 bits per heavy atom. The molecule has 0 aromatic carbocycles. The second-order valence-corrected chi connectivity index (χ2v) is 3.54. The minimum absolute atomic E-state index is 0.121. The van der Waals surface area contributed by atoms with Crippen LogP contribution in [0.15, 0.2) is 0 Å². The van der Waals surface area contributed by atoms with E-state index in [0.29, 0.717) is 19.6 Å².